The van der Waals surface area contributed by atoms with Crippen molar-refractivity contribution < 1.29 is 9.59 Å². The van der Waals surface area contributed by atoms with Gasteiger partial charge in [0.2, 0.25) is 11.8 Å². The van der Waals surface area contributed by atoms with Gasteiger partial charge in [0.15, 0.2) is 0 Å². The number of nitrogen functional groups attached to an aromatic ring is 1. The first-order valence-electron chi connectivity index (χ1n) is 12.9. The summed E-state index contributed by atoms with van der Waals surface area (Å²) in [5.41, 5.74) is 9.55. The second kappa shape index (κ2) is 14.2. The van der Waals surface area contributed by atoms with E-state index in [9.17, 15) is 14.9 Å². The molecule has 0 saturated carbocycles. The molecule has 0 spiro atoms. The van der Waals surface area contributed by atoms with E-state index in [2.05, 4.69) is 26.3 Å². The van der Waals surface area contributed by atoms with E-state index in [1.807, 2.05) is 42.1 Å². The minimum absolute atomic E-state index is 0. The summed E-state index contributed by atoms with van der Waals surface area (Å²) in [7, 11) is 3.79. The van der Waals surface area contributed by atoms with Gasteiger partial charge < -0.3 is 20.9 Å². The number of aromatic nitrogens is 3. The van der Waals surface area contributed by atoms with Gasteiger partial charge in [-0.25, -0.2) is 9.97 Å². The number of amides is 2. The van der Waals surface area contributed by atoms with Crippen LogP contribution in [0.15, 0.2) is 42.5 Å². The Labute approximate surface area is 251 Å². The SMILES string of the molecule is CC(=O)Nc1ccc(-c2nc(C(S)c3cccc(CN4CCN(C(=O)CN(C)C)CC4)n3)nc(N)c2C#N)cc1.Cl. The van der Waals surface area contributed by atoms with E-state index in [0.29, 0.717) is 54.6 Å². The predicted molar refractivity (Wildman–Crippen MR) is 164 cm³/mol. The number of rotatable bonds is 8. The van der Waals surface area contributed by atoms with Gasteiger partial charge in [-0.05, 0) is 38.4 Å². The first-order chi connectivity index (χ1) is 19.1. The third-order valence-corrected chi connectivity index (χ3v) is 6.96. The van der Waals surface area contributed by atoms with Gasteiger partial charge >= 0.3 is 0 Å². The highest BCUT2D eigenvalue weighted by molar-refractivity contribution is 7.80. The number of benzene rings is 1. The van der Waals surface area contributed by atoms with E-state index >= 15 is 0 Å². The summed E-state index contributed by atoms with van der Waals surface area (Å²) in [5.74, 6) is 0.361. The number of nitrogens with two attached hydrogens (primary N) is 1. The molecule has 3 aromatic rings. The number of piperazine rings is 1. The van der Waals surface area contributed by atoms with Crippen molar-refractivity contribution in [1.29, 1.82) is 5.26 Å². The second-order valence-electron chi connectivity index (χ2n) is 9.91. The van der Waals surface area contributed by atoms with Crippen molar-refractivity contribution in [2.75, 3.05) is 57.9 Å². The molecule has 3 heterocycles. The van der Waals surface area contributed by atoms with Crippen LogP contribution in [0.1, 0.15) is 34.9 Å². The highest BCUT2D eigenvalue weighted by atomic mass is 35.5. The number of nitrogens with one attached hydrogen (secondary N) is 1. The molecule has 1 fully saturated rings. The Hall–Kier alpha value is -3.76. The van der Waals surface area contributed by atoms with Crippen LogP contribution in [-0.4, -0.2) is 88.3 Å². The van der Waals surface area contributed by atoms with E-state index in [4.69, 9.17) is 23.3 Å². The van der Waals surface area contributed by atoms with E-state index in [1.165, 1.54) is 6.92 Å². The van der Waals surface area contributed by atoms with Crippen molar-refractivity contribution >= 4 is 48.4 Å². The maximum Gasteiger partial charge on any atom is 0.236 e. The van der Waals surface area contributed by atoms with E-state index in [0.717, 1.165) is 18.8 Å². The van der Waals surface area contributed by atoms with Crippen molar-refractivity contribution in [2.45, 2.75) is 18.7 Å². The Morgan fingerprint density at radius 1 is 1.10 bits per heavy atom. The lowest BCUT2D eigenvalue weighted by molar-refractivity contribution is -0.133. The van der Waals surface area contributed by atoms with Gasteiger partial charge in [0.1, 0.15) is 28.5 Å². The first-order valence-corrected chi connectivity index (χ1v) is 13.4. The Balaban J connectivity index is 0.00000462. The Morgan fingerprint density at radius 3 is 2.39 bits per heavy atom. The summed E-state index contributed by atoms with van der Waals surface area (Å²) < 4.78 is 0. The fourth-order valence-corrected chi connectivity index (χ4v) is 4.74. The number of halogens is 1. The molecule has 1 aliphatic rings. The van der Waals surface area contributed by atoms with Crippen LogP contribution in [0.25, 0.3) is 11.3 Å². The van der Waals surface area contributed by atoms with Gasteiger partial charge in [0.05, 0.1) is 23.6 Å². The number of hydrogen-bond acceptors (Lipinski definition) is 10. The zero-order valence-electron chi connectivity index (χ0n) is 23.2. The van der Waals surface area contributed by atoms with Gasteiger partial charge in [0.25, 0.3) is 0 Å². The maximum absolute atomic E-state index is 12.4. The fraction of sp³-hybridized carbons (Fsp3) is 0.357. The van der Waals surface area contributed by atoms with Gasteiger partial charge in [-0.15, -0.1) is 12.4 Å². The van der Waals surface area contributed by atoms with Crippen LogP contribution >= 0.6 is 25.0 Å². The number of carbonyl (C=O) groups is 2. The Bertz CT molecular complexity index is 1420. The number of carbonyl (C=O) groups excluding carboxylic acids is 2. The zero-order chi connectivity index (χ0) is 28.8. The quantitative estimate of drug-likeness (QED) is 0.335. The van der Waals surface area contributed by atoms with Crippen LogP contribution in [-0.2, 0) is 16.1 Å². The van der Waals surface area contributed by atoms with Gasteiger partial charge in [0, 0.05) is 50.9 Å². The molecular weight excluding hydrogens is 562 g/mol. The lowest BCUT2D eigenvalue weighted by atomic mass is 10.1. The number of likely N-dealkylation sites (N-methyl/N-ethyl adjacent to an activating group) is 1. The van der Waals surface area contributed by atoms with Crippen LogP contribution < -0.4 is 11.1 Å². The highest BCUT2D eigenvalue weighted by Gasteiger charge is 2.23. The van der Waals surface area contributed by atoms with Crippen LogP contribution in [0.3, 0.4) is 0 Å². The van der Waals surface area contributed by atoms with Crippen molar-refractivity contribution in [3.8, 4) is 17.3 Å². The molecular formula is C28H34ClN9O2S. The van der Waals surface area contributed by atoms with Crippen molar-refractivity contribution in [2.24, 2.45) is 0 Å². The summed E-state index contributed by atoms with van der Waals surface area (Å²) in [6.07, 6.45) is 0. The van der Waals surface area contributed by atoms with Crippen LogP contribution in [0.4, 0.5) is 11.5 Å². The topological polar surface area (TPSA) is 144 Å². The van der Waals surface area contributed by atoms with Gasteiger partial charge in [-0.1, -0.05) is 18.2 Å². The molecule has 13 heteroatoms. The normalized spacial score (nSPS) is 14.2. The summed E-state index contributed by atoms with van der Waals surface area (Å²) in [6, 6.07) is 14.8. The third kappa shape index (κ3) is 8.14. The van der Waals surface area contributed by atoms with Gasteiger partial charge in [-0.3, -0.25) is 19.5 Å². The monoisotopic (exact) mass is 595 g/mol. The van der Waals surface area contributed by atoms with Crippen LogP contribution in [0, 0.1) is 11.3 Å². The number of hydrogen-bond donors (Lipinski definition) is 3. The third-order valence-electron chi connectivity index (χ3n) is 6.46. The van der Waals surface area contributed by atoms with E-state index in [-0.39, 0.29) is 35.6 Å². The predicted octanol–water partition coefficient (Wildman–Crippen LogP) is 2.60. The van der Waals surface area contributed by atoms with E-state index in [1.54, 1.807) is 24.3 Å². The molecule has 0 bridgehead atoms. The number of thiol groups is 1. The summed E-state index contributed by atoms with van der Waals surface area (Å²) >= 11 is 4.77. The van der Waals surface area contributed by atoms with Gasteiger partial charge in [-0.2, -0.15) is 17.9 Å². The van der Waals surface area contributed by atoms with E-state index < -0.39 is 5.25 Å². The molecule has 0 radical (unpaired) electrons. The minimum Gasteiger partial charge on any atom is -0.382 e. The molecule has 11 nitrogen and oxygen atoms in total. The minimum atomic E-state index is -0.576. The fourth-order valence-electron chi connectivity index (χ4n) is 4.48. The molecule has 1 atom stereocenters. The number of nitriles is 1. The summed E-state index contributed by atoms with van der Waals surface area (Å²) in [4.78, 5) is 43.6. The number of nitrogens with zero attached hydrogens (tertiary/aromatic N) is 7. The molecule has 3 N–H and O–H groups in total. The molecule has 4 rings (SSSR count). The highest BCUT2D eigenvalue weighted by Crippen LogP contribution is 2.31. The molecule has 2 aromatic heterocycles. The largest absolute Gasteiger partial charge is 0.382 e. The molecule has 1 unspecified atom stereocenters. The van der Waals surface area contributed by atoms with Crippen LogP contribution in [0.2, 0.25) is 0 Å². The number of pyridine rings is 1. The Morgan fingerprint density at radius 2 is 1.78 bits per heavy atom. The molecule has 216 valence electrons. The molecule has 0 aliphatic carbocycles. The average Bonchev–Trinajstić information content (AvgIpc) is 2.92. The average molecular weight is 596 g/mol. The molecule has 2 amide bonds. The Kier molecular flexibility index (Phi) is 11.0. The molecule has 1 saturated heterocycles. The summed E-state index contributed by atoms with van der Waals surface area (Å²) in [5, 5.41) is 11.9. The van der Waals surface area contributed by atoms with Crippen LogP contribution in [0.5, 0.6) is 0 Å². The maximum atomic E-state index is 12.4. The van der Waals surface area contributed by atoms with Crippen molar-refractivity contribution in [3.63, 3.8) is 0 Å². The first kappa shape index (κ1) is 31.8. The van der Waals surface area contributed by atoms with Crippen molar-refractivity contribution in [3.05, 3.63) is 65.2 Å². The lowest BCUT2D eigenvalue weighted by Crippen LogP contribution is -2.50. The zero-order valence-corrected chi connectivity index (χ0v) is 25.0. The molecule has 1 aromatic carbocycles. The number of anilines is 2. The van der Waals surface area contributed by atoms with Crippen molar-refractivity contribution in [1.82, 2.24) is 29.7 Å². The second-order valence-corrected chi connectivity index (χ2v) is 10.4. The summed E-state index contributed by atoms with van der Waals surface area (Å²) in [6.45, 7) is 5.42. The standard InChI is InChI=1S/C28H33N9O2S.ClH/c1-18(38)31-20-9-7-19(8-10-20)25-22(15-29)27(30)34-28(33-25)26(40)23-6-4-5-21(32-23)16-36-11-13-37(14-12-36)24(39)17-35(2)3;/h4-10,26,40H,11-14,16-17H2,1-3H3,(H,31,38)(H2,30,33,34);1H. The smallest absolute Gasteiger partial charge is 0.236 e. The molecule has 1 aliphatic heterocycles. The molecule has 41 heavy (non-hydrogen) atoms. The lowest BCUT2D eigenvalue weighted by Gasteiger charge is -2.35.